The molecule has 1 aromatic carbocycles. The number of hydrogen-bond acceptors (Lipinski definition) is 3. The molecule has 0 N–H and O–H groups in total. The third kappa shape index (κ3) is 2.73. The van der Waals surface area contributed by atoms with E-state index in [4.69, 9.17) is 0 Å². The van der Waals surface area contributed by atoms with Gasteiger partial charge in [-0.25, -0.2) is 0 Å². The Morgan fingerprint density at radius 2 is 2.18 bits per heavy atom. The summed E-state index contributed by atoms with van der Waals surface area (Å²) in [6, 6.07) is 4.95. The largest absolute Gasteiger partial charge is 0.283 e. The molecular formula is C10H7Br2N3O2. The van der Waals surface area contributed by atoms with Crippen LogP contribution >= 0.6 is 31.9 Å². The van der Waals surface area contributed by atoms with Crippen molar-refractivity contribution in [2.24, 2.45) is 0 Å². The van der Waals surface area contributed by atoms with E-state index in [1.165, 1.54) is 6.07 Å². The quantitative estimate of drug-likeness (QED) is 0.622. The maximum Gasteiger partial charge on any atom is 0.283 e. The third-order valence-electron chi connectivity index (χ3n) is 2.19. The number of rotatable bonds is 3. The van der Waals surface area contributed by atoms with Crippen LogP contribution in [-0.2, 0) is 6.54 Å². The molecule has 2 aromatic rings. The van der Waals surface area contributed by atoms with Gasteiger partial charge in [0.1, 0.15) is 4.47 Å². The van der Waals surface area contributed by atoms with E-state index < -0.39 is 4.92 Å². The molecule has 0 saturated heterocycles. The molecule has 0 unspecified atom stereocenters. The van der Waals surface area contributed by atoms with E-state index in [0.29, 0.717) is 11.0 Å². The van der Waals surface area contributed by atoms with Crippen molar-refractivity contribution in [1.82, 2.24) is 9.78 Å². The van der Waals surface area contributed by atoms with Crippen LogP contribution in [0.15, 0.2) is 39.5 Å². The Balaban J connectivity index is 2.33. The Hall–Kier alpha value is -1.21. The lowest BCUT2D eigenvalue weighted by atomic mass is 10.2. The standard InChI is InChI=1S/C10H7Br2N3O2/c11-8-4-13-14(6-8)5-7-2-1-3-9(10(7)12)15(16)17/h1-4,6H,5H2. The summed E-state index contributed by atoms with van der Waals surface area (Å²) in [5.41, 5.74) is 0.878. The zero-order chi connectivity index (χ0) is 12.4. The highest BCUT2D eigenvalue weighted by Crippen LogP contribution is 2.28. The van der Waals surface area contributed by atoms with Gasteiger partial charge in [0.25, 0.3) is 5.69 Å². The summed E-state index contributed by atoms with van der Waals surface area (Å²) in [7, 11) is 0. The van der Waals surface area contributed by atoms with Crippen molar-refractivity contribution in [2.45, 2.75) is 6.54 Å². The van der Waals surface area contributed by atoms with Crippen LogP contribution in [0.2, 0.25) is 0 Å². The Labute approximate surface area is 114 Å². The lowest BCUT2D eigenvalue weighted by molar-refractivity contribution is -0.385. The second-order valence-electron chi connectivity index (χ2n) is 3.36. The van der Waals surface area contributed by atoms with Crippen molar-refractivity contribution in [3.8, 4) is 0 Å². The van der Waals surface area contributed by atoms with Crippen LogP contribution < -0.4 is 0 Å². The Morgan fingerprint density at radius 3 is 2.76 bits per heavy atom. The smallest absolute Gasteiger partial charge is 0.267 e. The highest BCUT2D eigenvalue weighted by Gasteiger charge is 2.14. The zero-order valence-electron chi connectivity index (χ0n) is 8.51. The maximum absolute atomic E-state index is 10.8. The first-order valence-corrected chi connectivity index (χ1v) is 6.26. The van der Waals surface area contributed by atoms with Gasteiger partial charge in [0.2, 0.25) is 0 Å². The summed E-state index contributed by atoms with van der Waals surface area (Å²) in [5, 5.41) is 14.9. The topological polar surface area (TPSA) is 61.0 Å². The molecule has 2 rings (SSSR count). The van der Waals surface area contributed by atoms with Crippen molar-refractivity contribution in [3.05, 3.63) is 55.2 Å². The minimum atomic E-state index is -0.410. The number of nitrogens with zero attached hydrogens (tertiary/aromatic N) is 3. The van der Waals surface area contributed by atoms with Gasteiger partial charge < -0.3 is 0 Å². The van der Waals surface area contributed by atoms with Crippen LogP contribution in [0.5, 0.6) is 0 Å². The first kappa shape index (κ1) is 12.3. The molecular weight excluding hydrogens is 354 g/mol. The fourth-order valence-corrected chi connectivity index (χ4v) is 2.29. The van der Waals surface area contributed by atoms with Crippen molar-refractivity contribution in [3.63, 3.8) is 0 Å². The monoisotopic (exact) mass is 359 g/mol. The van der Waals surface area contributed by atoms with E-state index in [-0.39, 0.29) is 5.69 Å². The molecule has 0 radical (unpaired) electrons. The summed E-state index contributed by atoms with van der Waals surface area (Å²) < 4.78 is 3.07. The molecule has 0 bridgehead atoms. The van der Waals surface area contributed by atoms with Gasteiger partial charge in [-0.2, -0.15) is 5.10 Å². The minimum Gasteiger partial charge on any atom is -0.267 e. The zero-order valence-corrected chi connectivity index (χ0v) is 11.7. The van der Waals surface area contributed by atoms with Crippen LogP contribution in [0.1, 0.15) is 5.56 Å². The molecule has 0 amide bonds. The molecule has 0 fully saturated rings. The molecule has 0 saturated carbocycles. The van der Waals surface area contributed by atoms with Crippen LogP contribution in [0.25, 0.3) is 0 Å². The van der Waals surface area contributed by atoms with Crippen LogP contribution in [0.4, 0.5) is 5.69 Å². The van der Waals surface area contributed by atoms with Gasteiger partial charge in [0.15, 0.2) is 0 Å². The summed E-state index contributed by atoms with van der Waals surface area (Å²) in [6.45, 7) is 0.480. The summed E-state index contributed by atoms with van der Waals surface area (Å²) in [5.74, 6) is 0. The molecule has 0 aliphatic carbocycles. The average molecular weight is 361 g/mol. The van der Waals surface area contributed by atoms with Crippen molar-refractivity contribution in [1.29, 1.82) is 0 Å². The highest BCUT2D eigenvalue weighted by atomic mass is 79.9. The normalized spacial score (nSPS) is 10.5. The molecule has 5 nitrogen and oxygen atoms in total. The van der Waals surface area contributed by atoms with E-state index in [2.05, 4.69) is 37.0 Å². The summed E-state index contributed by atoms with van der Waals surface area (Å²) in [4.78, 5) is 10.4. The lowest BCUT2D eigenvalue weighted by Crippen LogP contribution is -2.02. The second-order valence-corrected chi connectivity index (χ2v) is 5.07. The highest BCUT2D eigenvalue weighted by molar-refractivity contribution is 9.10. The summed E-state index contributed by atoms with van der Waals surface area (Å²) in [6.07, 6.45) is 3.48. The van der Waals surface area contributed by atoms with E-state index in [0.717, 1.165) is 10.0 Å². The van der Waals surface area contributed by atoms with E-state index in [1.807, 2.05) is 12.3 Å². The SMILES string of the molecule is O=[N+]([O-])c1cccc(Cn2cc(Br)cn2)c1Br. The molecule has 7 heteroatoms. The number of hydrogen-bond donors (Lipinski definition) is 0. The van der Waals surface area contributed by atoms with Crippen molar-refractivity contribution in [2.75, 3.05) is 0 Å². The van der Waals surface area contributed by atoms with E-state index in [9.17, 15) is 10.1 Å². The van der Waals surface area contributed by atoms with Gasteiger partial charge in [-0.3, -0.25) is 14.8 Å². The number of nitro benzene ring substituents is 1. The Kier molecular flexibility index (Phi) is 3.58. The lowest BCUT2D eigenvalue weighted by Gasteiger charge is -2.04. The van der Waals surface area contributed by atoms with Gasteiger partial charge in [-0.1, -0.05) is 12.1 Å². The van der Waals surface area contributed by atoms with Gasteiger partial charge >= 0.3 is 0 Å². The van der Waals surface area contributed by atoms with Crippen LogP contribution in [0, 0.1) is 10.1 Å². The maximum atomic E-state index is 10.8. The van der Waals surface area contributed by atoms with Gasteiger partial charge in [-0.05, 0) is 37.4 Å². The third-order valence-corrected chi connectivity index (χ3v) is 3.51. The second kappa shape index (κ2) is 4.97. The number of nitro groups is 1. The first-order chi connectivity index (χ1) is 8.08. The van der Waals surface area contributed by atoms with Gasteiger partial charge in [0, 0.05) is 12.3 Å². The van der Waals surface area contributed by atoms with Gasteiger partial charge in [0.05, 0.1) is 22.1 Å². The fourth-order valence-electron chi connectivity index (χ4n) is 1.43. The van der Waals surface area contributed by atoms with Gasteiger partial charge in [-0.15, -0.1) is 0 Å². The molecule has 17 heavy (non-hydrogen) atoms. The molecule has 1 aromatic heterocycles. The Bertz CT molecular complexity index is 568. The fraction of sp³-hybridized carbons (Fsp3) is 0.100. The predicted molar refractivity (Wildman–Crippen MR) is 69.8 cm³/mol. The molecule has 0 aliphatic heterocycles. The molecule has 0 spiro atoms. The number of benzene rings is 1. The minimum absolute atomic E-state index is 0.0636. The molecule has 0 atom stereocenters. The average Bonchev–Trinajstić information content (AvgIpc) is 2.67. The van der Waals surface area contributed by atoms with E-state index >= 15 is 0 Å². The number of halogens is 2. The van der Waals surface area contributed by atoms with Crippen molar-refractivity contribution >= 4 is 37.5 Å². The van der Waals surface area contributed by atoms with Crippen LogP contribution in [-0.4, -0.2) is 14.7 Å². The predicted octanol–water partition coefficient (Wildman–Crippen LogP) is 3.36. The van der Waals surface area contributed by atoms with Crippen LogP contribution in [0.3, 0.4) is 0 Å². The molecule has 0 aliphatic rings. The first-order valence-electron chi connectivity index (χ1n) is 4.67. The number of aromatic nitrogens is 2. The summed E-state index contributed by atoms with van der Waals surface area (Å²) >= 11 is 6.55. The van der Waals surface area contributed by atoms with Crippen molar-refractivity contribution < 1.29 is 4.92 Å². The molecule has 1 heterocycles. The Morgan fingerprint density at radius 1 is 1.41 bits per heavy atom. The molecule has 88 valence electrons. The van der Waals surface area contributed by atoms with E-state index in [1.54, 1.807) is 16.9 Å².